The molecule has 0 radical (unpaired) electrons. The highest BCUT2D eigenvalue weighted by Gasteiger charge is 2.25. The third-order valence-electron chi connectivity index (χ3n) is 5.07. The van der Waals surface area contributed by atoms with Gasteiger partial charge in [-0.3, -0.25) is 4.79 Å². The molecule has 0 fully saturated rings. The van der Waals surface area contributed by atoms with Crippen LogP contribution in [0.2, 0.25) is 0 Å². The van der Waals surface area contributed by atoms with Crippen molar-refractivity contribution in [3.63, 3.8) is 0 Å². The van der Waals surface area contributed by atoms with Crippen molar-refractivity contribution < 1.29 is 31.9 Å². The predicted octanol–water partition coefficient (Wildman–Crippen LogP) is 4.48. The Labute approximate surface area is 215 Å². The molecule has 1 N–H and O–H groups in total. The minimum atomic E-state index is -4.24. The number of rotatable bonds is 8. The van der Waals surface area contributed by atoms with Crippen LogP contribution < -0.4 is 5.32 Å². The molecule has 0 aliphatic heterocycles. The molecule has 3 rings (SSSR count). The lowest BCUT2D eigenvalue weighted by molar-refractivity contribution is -0.119. The zero-order chi connectivity index (χ0) is 27.4. The summed E-state index contributed by atoms with van der Waals surface area (Å²) < 4.78 is 53.3. The van der Waals surface area contributed by atoms with Crippen LogP contribution in [0.3, 0.4) is 0 Å². The fourth-order valence-corrected chi connectivity index (χ4v) is 4.94. The van der Waals surface area contributed by atoms with Crippen LogP contribution in [0.4, 0.5) is 14.9 Å². The van der Waals surface area contributed by atoms with Gasteiger partial charge in [0.1, 0.15) is 18.0 Å². The van der Waals surface area contributed by atoms with Crippen LogP contribution in [0, 0.1) is 5.82 Å². The Bertz CT molecular complexity index is 1400. The molecule has 0 aliphatic rings. The number of carbonyl (C=O) groups is 2. The zero-order valence-corrected chi connectivity index (χ0v) is 22.1. The van der Waals surface area contributed by atoms with E-state index in [0.29, 0.717) is 5.56 Å². The summed E-state index contributed by atoms with van der Waals surface area (Å²) in [4.78, 5) is 25.5. The van der Waals surface area contributed by atoms with Gasteiger partial charge in [0, 0.05) is 31.6 Å². The van der Waals surface area contributed by atoms with E-state index in [1.54, 1.807) is 32.9 Å². The highest BCUT2D eigenvalue weighted by Crippen LogP contribution is 2.30. The molecule has 3 aromatic rings. The van der Waals surface area contributed by atoms with E-state index in [4.69, 9.17) is 9.47 Å². The molecular weight excluding hydrogens is 501 g/mol. The Hall–Kier alpha value is -3.70. The summed E-state index contributed by atoms with van der Waals surface area (Å²) in [5.74, 6) is -1.05. The van der Waals surface area contributed by atoms with E-state index in [0.717, 1.165) is 3.97 Å². The molecule has 0 saturated heterocycles. The Morgan fingerprint density at radius 2 is 1.78 bits per heavy atom. The van der Waals surface area contributed by atoms with E-state index < -0.39 is 33.4 Å². The minimum absolute atomic E-state index is 0.0198. The van der Waals surface area contributed by atoms with E-state index in [2.05, 4.69) is 5.32 Å². The van der Waals surface area contributed by atoms with Gasteiger partial charge in [0.25, 0.3) is 10.0 Å². The molecule has 9 nitrogen and oxygen atoms in total. The van der Waals surface area contributed by atoms with Crippen LogP contribution in [0.5, 0.6) is 0 Å². The fraction of sp³-hybridized carbons (Fsp3) is 0.308. The Balaban J connectivity index is 2.04. The molecule has 37 heavy (non-hydrogen) atoms. The van der Waals surface area contributed by atoms with Crippen molar-refractivity contribution in [1.82, 2.24) is 8.87 Å². The lowest BCUT2D eigenvalue weighted by Crippen LogP contribution is -2.33. The summed E-state index contributed by atoms with van der Waals surface area (Å²) in [5, 5.41) is 2.57. The summed E-state index contributed by atoms with van der Waals surface area (Å²) in [6.07, 6.45) is 0.754. The van der Waals surface area contributed by atoms with E-state index in [1.165, 1.54) is 67.7 Å². The Morgan fingerprint density at radius 1 is 1.08 bits per heavy atom. The van der Waals surface area contributed by atoms with E-state index in [9.17, 15) is 22.4 Å². The molecule has 0 spiro atoms. The predicted molar refractivity (Wildman–Crippen MR) is 137 cm³/mol. The minimum Gasteiger partial charge on any atom is -0.444 e. The van der Waals surface area contributed by atoms with Gasteiger partial charge in [0.05, 0.1) is 17.1 Å². The van der Waals surface area contributed by atoms with Gasteiger partial charge in [0.2, 0.25) is 5.91 Å². The van der Waals surface area contributed by atoms with Gasteiger partial charge in [-0.05, 0) is 62.7 Å². The molecule has 0 atom stereocenters. The van der Waals surface area contributed by atoms with Crippen LogP contribution in [-0.2, 0) is 30.8 Å². The fourth-order valence-electron chi connectivity index (χ4n) is 3.50. The van der Waals surface area contributed by atoms with E-state index in [-0.39, 0.29) is 35.0 Å². The molecule has 198 valence electrons. The summed E-state index contributed by atoms with van der Waals surface area (Å²) in [5.41, 5.74) is 0.150. The lowest BCUT2D eigenvalue weighted by Gasteiger charge is -2.24. The Morgan fingerprint density at radius 3 is 2.43 bits per heavy atom. The molecule has 0 bridgehead atoms. The third kappa shape index (κ3) is 6.95. The van der Waals surface area contributed by atoms with Crippen LogP contribution in [0.1, 0.15) is 26.3 Å². The first-order valence-electron chi connectivity index (χ1n) is 11.4. The number of methoxy groups -OCH3 is 1. The second-order valence-corrected chi connectivity index (χ2v) is 11.2. The van der Waals surface area contributed by atoms with Crippen LogP contribution in [0.25, 0.3) is 11.3 Å². The number of anilines is 1. The topological polar surface area (TPSA) is 107 Å². The van der Waals surface area contributed by atoms with Gasteiger partial charge in [-0.25, -0.2) is 21.6 Å². The summed E-state index contributed by atoms with van der Waals surface area (Å²) in [7, 11) is -1.34. The first-order valence-corrected chi connectivity index (χ1v) is 12.8. The number of nitrogens with one attached hydrogen (secondary N) is 1. The monoisotopic (exact) mass is 531 g/mol. The quantitative estimate of drug-likeness (QED) is 0.459. The van der Waals surface area contributed by atoms with E-state index >= 15 is 0 Å². The average molecular weight is 532 g/mol. The maximum absolute atomic E-state index is 14.8. The molecule has 11 heteroatoms. The van der Waals surface area contributed by atoms with Gasteiger partial charge >= 0.3 is 6.09 Å². The van der Waals surface area contributed by atoms with Gasteiger partial charge in [-0.1, -0.05) is 18.2 Å². The second kappa shape index (κ2) is 11.1. The van der Waals surface area contributed by atoms with Crippen molar-refractivity contribution >= 4 is 27.7 Å². The zero-order valence-electron chi connectivity index (χ0n) is 21.3. The molecule has 2 amide bonds. The van der Waals surface area contributed by atoms with Gasteiger partial charge in [0.15, 0.2) is 0 Å². The lowest BCUT2D eigenvalue weighted by atomic mass is 10.1. The van der Waals surface area contributed by atoms with Crippen molar-refractivity contribution in [2.75, 3.05) is 26.1 Å². The van der Waals surface area contributed by atoms with Crippen molar-refractivity contribution in [2.24, 2.45) is 0 Å². The number of aromatic nitrogens is 1. The first-order chi connectivity index (χ1) is 17.3. The molecule has 0 aliphatic carbocycles. The summed E-state index contributed by atoms with van der Waals surface area (Å²) >= 11 is 0. The van der Waals surface area contributed by atoms with Crippen molar-refractivity contribution in [3.8, 4) is 11.3 Å². The maximum Gasteiger partial charge on any atom is 0.410 e. The molecule has 0 saturated carbocycles. The number of halogens is 1. The third-order valence-corrected chi connectivity index (χ3v) is 6.74. The number of nitrogens with zero attached hydrogens (tertiary/aromatic N) is 2. The number of ether oxygens (including phenoxy) is 2. The van der Waals surface area contributed by atoms with Crippen molar-refractivity contribution in [2.45, 2.75) is 37.8 Å². The molecule has 1 heterocycles. The first kappa shape index (κ1) is 27.9. The van der Waals surface area contributed by atoms with Gasteiger partial charge < -0.3 is 19.7 Å². The smallest absolute Gasteiger partial charge is 0.410 e. The number of hydrogen-bond donors (Lipinski definition) is 1. The van der Waals surface area contributed by atoms with E-state index in [1.807, 2.05) is 0 Å². The molecule has 1 aromatic heterocycles. The number of carbonyl (C=O) groups excluding carboxylic acids is 2. The number of benzene rings is 2. The number of hydrogen-bond acceptors (Lipinski definition) is 6. The van der Waals surface area contributed by atoms with Gasteiger partial charge in [-0.2, -0.15) is 0 Å². The van der Waals surface area contributed by atoms with Crippen LogP contribution >= 0.6 is 0 Å². The summed E-state index contributed by atoms with van der Waals surface area (Å²) in [6.45, 7) is 5.05. The number of amides is 2. The van der Waals surface area contributed by atoms with Crippen LogP contribution in [-0.4, -0.2) is 55.7 Å². The SMILES string of the molecule is COCC(=O)Nc1cccc(S(=O)(=O)n2cc(CN(C)C(=O)OC(C)(C)C)cc2-c2ccccc2F)c1. The standard InChI is InChI=1S/C26H30FN3O6S/c1-26(2,3)36-25(32)29(4)15-18-13-23(21-11-6-7-12-22(21)27)30(16-18)37(33,34)20-10-8-9-19(14-20)28-24(31)17-35-5/h6-14,16H,15,17H2,1-5H3,(H,28,31). The second-order valence-electron chi connectivity index (χ2n) is 9.36. The van der Waals surface area contributed by atoms with Crippen LogP contribution in [0.15, 0.2) is 65.7 Å². The highest BCUT2D eigenvalue weighted by atomic mass is 32.2. The van der Waals surface area contributed by atoms with Crippen molar-refractivity contribution in [3.05, 3.63) is 72.2 Å². The van der Waals surface area contributed by atoms with Crippen molar-refractivity contribution in [1.29, 1.82) is 0 Å². The molecular formula is C26H30FN3O6S. The average Bonchev–Trinajstić information content (AvgIpc) is 3.23. The normalized spacial score (nSPS) is 11.7. The summed E-state index contributed by atoms with van der Waals surface area (Å²) in [6, 6.07) is 13.0. The Kier molecular flexibility index (Phi) is 8.39. The maximum atomic E-state index is 14.8. The molecule has 2 aromatic carbocycles. The largest absolute Gasteiger partial charge is 0.444 e. The highest BCUT2D eigenvalue weighted by molar-refractivity contribution is 7.90. The van der Waals surface area contributed by atoms with Gasteiger partial charge in [-0.15, -0.1) is 0 Å². The molecule has 0 unspecified atom stereocenters.